The molecule has 0 N–H and O–H groups in total. The number of aryl methyl sites for hydroxylation is 1. The minimum Gasteiger partial charge on any atom is -0.465 e. The average molecular weight is 487 g/mol. The molecule has 1 aliphatic carbocycles. The van der Waals surface area contributed by atoms with Gasteiger partial charge in [-0.25, -0.2) is 9.78 Å². The molecule has 1 saturated carbocycles. The Hall–Kier alpha value is -3.21. The van der Waals surface area contributed by atoms with E-state index in [2.05, 4.69) is 56.9 Å². The van der Waals surface area contributed by atoms with Gasteiger partial charge in [0.2, 0.25) is 5.91 Å². The number of benzene rings is 2. The Morgan fingerprint density at radius 3 is 2.42 bits per heavy atom. The van der Waals surface area contributed by atoms with Crippen LogP contribution < -0.4 is 4.90 Å². The van der Waals surface area contributed by atoms with Crippen molar-refractivity contribution in [3.8, 4) is 0 Å². The van der Waals surface area contributed by atoms with Gasteiger partial charge >= 0.3 is 5.97 Å². The van der Waals surface area contributed by atoms with Crippen LogP contribution in [0.5, 0.6) is 0 Å². The number of esters is 1. The van der Waals surface area contributed by atoms with E-state index in [1.165, 1.54) is 18.2 Å². The first kappa shape index (κ1) is 25.9. The Kier molecular flexibility index (Phi) is 7.77. The van der Waals surface area contributed by atoms with E-state index in [9.17, 15) is 9.59 Å². The molecule has 0 spiro atoms. The van der Waals surface area contributed by atoms with Crippen LogP contribution in [-0.4, -0.2) is 30.5 Å². The molecule has 2 aromatic carbocycles. The summed E-state index contributed by atoms with van der Waals surface area (Å²) in [5.74, 6) is 1.43. The van der Waals surface area contributed by atoms with Gasteiger partial charge in [-0.3, -0.25) is 9.69 Å². The van der Waals surface area contributed by atoms with Crippen LogP contribution in [-0.2, 0) is 9.53 Å². The zero-order valence-corrected chi connectivity index (χ0v) is 22.2. The lowest BCUT2D eigenvalue weighted by Crippen LogP contribution is -2.39. The second-order valence-electron chi connectivity index (χ2n) is 11.4. The van der Waals surface area contributed by atoms with Gasteiger partial charge in [0.1, 0.15) is 5.82 Å². The molecule has 0 aliphatic heterocycles. The molecule has 3 aromatic rings. The number of hydrogen-bond donors (Lipinski definition) is 0. The van der Waals surface area contributed by atoms with E-state index >= 15 is 0 Å². The summed E-state index contributed by atoms with van der Waals surface area (Å²) >= 11 is 0. The van der Waals surface area contributed by atoms with Gasteiger partial charge in [-0.2, -0.15) is 0 Å². The number of aromatic nitrogens is 1. The average Bonchev–Trinajstić information content (AvgIpc) is 2.86. The highest BCUT2D eigenvalue weighted by molar-refractivity contribution is 6.04. The van der Waals surface area contributed by atoms with Crippen molar-refractivity contribution >= 4 is 28.5 Å². The summed E-state index contributed by atoms with van der Waals surface area (Å²) in [6.07, 6.45) is 6.64. The van der Waals surface area contributed by atoms with Gasteiger partial charge in [-0.15, -0.1) is 0 Å². The number of nitrogens with zero attached hydrogens (tertiary/aromatic N) is 2. The highest BCUT2D eigenvalue weighted by Crippen LogP contribution is 2.38. The van der Waals surface area contributed by atoms with Crippen LogP contribution in [0.3, 0.4) is 0 Å². The number of carbonyl (C=O) groups is 2. The molecule has 4 rings (SSSR count). The molecule has 0 unspecified atom stereocenters. The summed E-state index contributed by atoms with van der Waals surface area (Å²) in [5, 5.41) is 1.75. The molecule has 5 heteroatoms. The van der Waals surface area contributed by atoms with Gasteiger partial charge in [-0.05, 0) is 90.6 Å². The quantitative estimate of drug-likeness (QED) is 0.350. The third-order valence-corrected chi connectivity index (χ3v) is 7.32. The van der Waals surface area contributed by atoms with E-state index in [1.54, 1.807) is 12.3 Å². The maximum absolute atomic E-state index is 13.6. The molecule has 36 heavy (non-hydrogen) atoms. The summed E-state index contributed by atoms with van der Waals surface area (Å²) in [6, 6.07) is 16.0. The number of methoxy groups -OCH3 is 1. The molecule has 0 atom stereocenters. The second-order valence-corrected chi connectivity index (χ2v) is 11.4. The minimum absolute atomic E-state index is 0.0978. The molecule has 1 heterocycles. The van der Waals surface area contributed by atoms with Crippen LogP contribution >= 0.6 is 0 Å². The number of ether oxygens (including phenoxy) is 1. The fourth-order valence-electron chi connectivity index (χ4n) is 5.44. The topological polar surface area (TPSA) is 59.5 Å². The number of pyridine rings is 1. The molecular formula is C31H38N2O3. The Bertz CT molecular complexity index is 1240. The van der Waals surface area contributed by atoms with Crippen molar-refractivity contribution in [3.63, 3.8) is 0 Å². The van der Waals surface area contributed by atoms with Gasteiger partial charge in [0.05, 0.1) is 12.7 Å². The van der Waals surface area contributed by atoms with Crippen molar-refractivity contribution in [2.24, 2.45) is 11.3 Å². The van der Waals surface area contributed by atoms with Crippen LogP contribution in [0, 0.1) is 18.3 Å². The lowest BCUT2D eigenvalue weighted by Gasteiger charge is -2.34. The molecule has 1 amide bonds. The Labute approximate surface area is 214 Å². The van der Waals surface area contributed by atoms with Crippen molar-refractivity contribution in [1.29, 1.82) is 0 Å². The summed E-state index contributed by atoms with van der Waals surface area (Å²) in [5.41, 5.74) is 3.20. The zero-order chi connectivity index (χ0) is 25.9. The highest BCUT2D eigenvalue weighted by atomic mass is 16.5. The molecule has 0 bridgehead atoms. The van der Waals surface area contributed by atoms with Crippen molar-refractivity contribution in [1.82, 2.24) is 4.98 Å². The van der Waals surface area contributed by atoms with Crippen LogP contribution in [0.2, 0.25) is 0 Å². The van der Waals surface area contributed by atoms with E-state index in [-0.39, 0.29) is 17.3 Å². The van der Waals surface area contributed by atoms with E-state index in [4.69, 9.17) is 4.74 Å². The normalized spacial score (nSPS) is 18.1. The molecular weight excluding hydrogens is 448 g/mol. The van der Waals surface area contributed by atoms with Gasteiger partial charge in [0, 0.05) is 24.5 Å². The highest BCUT2D eigenvalue weighted by Gasteiger charge is 2.30. The van der Waals surface area contributed by atoms with Gasteiger partial charge in [-0.1, -0.05) is 45.0 Å². The summed E-state index contributed by atoms with van der Waals surface area (Å²) < 4.78 is 4.89. The Balaban J connectivity index is 1.60. The summed E-state index contributed by atoms with van der Waals surface area (Å²) in [6.45, 7) is 9.15. The smallest absolute Gasteiger partial charge is 0.337 e. The fraction of sp³-hybridized carbons (Fsp3) is 0.452. The van der Waals surface area contributed by atoms with Crippen molar-refractivity contribution in [3.05, 3.63) is 71.4 Å². The predicted molar refractivity (Wildman–Crippen MR) is 145 cm³/mol. The van der Waals surface area contributed by atoms with Gasteiger partial charge < -0.3 is 4.74 Å². The molecule has 1 aromatic heterocycles. The van der Waals surface area contributed by atoms with E-state index in [0.29, 0.717) is 36.2 Å². The molecule has 0 saturated heterocycles. The second kappa shape index (κ2) is 10.8. The molecule has 0 radical (unpaired) electrons. The van der Waals surface area contributed by atoms with Crippen LogP contribution in [0.15, 0.2) is 54.7 Å². The first-order valence-electron chi connectivity index (χ1n) is 13.0. The SMILES string of the molecule is COC(=O)c1ccc2c(N(CC3CCC(c4ccccc4C)CC3)C(=O)CC(C)(C)C)nccc2c1. The third-order valence-electron chi connectivity index (χ3n) is 7.32. The Morgan fingerprint density at radius 2 is 1.75 bits per heavy atom. The van der Waals surface area contributed by atoms with Crippen molar-refractivity contribution < 1.29 is 14.3 Å². The first-order chi connectivity index (χ1) is 17.2. The number of hydrogen-bond acceptors (Lipinski definition) is 4. The van der Waals surface area contributed by atoms with Crippen molar-refractivity contribution in [2.75, 3.05) is 18.6 Å². The maximum atomic E-state index is 13.6. The summed E-state index contributed by atoms with van der Waals surface area (Å²) in [4.78, 5) is 32.3. The minimum atomic E-state index is -0.374. The zero-order valence-electron chi connectivity index (χ0n) is 22.2. The number of carbonyl (C=O) groups excluding carboxylic acids is 2. The fourth-order valence-corrected chi connectivity index (χ4v) is 5.44. The number of anilines is 1. The number of fused-ring (bicyclic) bond motifs is 1. The molecule has 190 valence electrons. The van der Waals surface area contributed by atoms with Crippen LogP contribution in [0.4, 0.5) is 5.82 Å². The van der Waals surface area contributed by atoms with Crippen molar-refractivity contribution in [2.45, 2.75) is 65.7 Å². The Morgan fingerprint density at radius 1 is 1.03 bits per heavy atom. The predicted octanol–water partition coefficient (Wildman–Crippen LogP) is 7.07. The largest absolute Gasteiger partial charge is 0.465 e. The monoisotopic (exact) mass is 486 g/mol. The number of amides is 1. The molecule has 1 fully saturated rings. The van der Waals surface area contributed by atoms with E-state index in [0.717, 1.165) is 36.5 Å². The van der Waals surface area contributed by atoms with Crippen LogP contribution in [0.1, 0.15) is 80.3 Å². The maximum Gasteiger partial charge on any atom is 0.337 e. The third kappa shape index (κ3) is 5.95. The van der Waals surface area contributed by atoms with Gasteiger partial charge in [0.15, 0.2) is 0 Å². The molecule has 5 nitrogen and oxygen atoms in total. The lowest BCUT2D eigenvalue weighted by atomic mass is 9.77. The standard InChI is InChI=1S/C31H38N2O3/c1-21-8-6-7-9-26(21)23-12-10-22(11-13-23)20-33(28(34)19-31(2,3)4)29-27-15-14-25(30(35)36-5)18-24(27)16-17-32-29/h6-9,14-18,22-23H,10-13,19-20H2,1-5H3. The summed E-state index contributed by atoms with van der Waals surface area (Å²) in [7, 11) is 1.38. The van der Waals surface area contributed by atoms with E-state index in [1.807, 2.05) is 23.1 Å². The van der Waals surface area contributed by atoms with E-state index < -0.39 is 0 Å². The molecule has 1 aliphatic rings. The van der Waals surface area contributed by atoms with Gasteiger partial charge in [0.25, 0.3) is 0 Å². The number of rotatable bonds is 6. The first-order valence-corrected chi connectivity index (χ1v) is 13.0. The van der Waals surface area contributed by atoms with Crippen LogP contribution in [0.25, 0.3) is 10.8 Å². The lowest BCUT2D eigenvalue weighted by molar-refractivity contribution is -0.120.